The first-order valence-electron chi connectivity index (χ1n) is 7.23. The zero-order chi connectivity index (χ0) is 15.1. The van der Waals surface area contributed by atoms with Gasteiger partial charge in [0, 0.05) is 32.4 Å². The molecule has 1 amide bonds. The van der Waals surface area contributed by atoms with Gasteiger partial charge in [0.25, 0.3) is 0 Å². The molecule has 0 aromatic heterocycles. The molecule has 6 heteroatoms. The maximum absolute atomic E-state index is 11.4. The maximum Gasteiger partial charge on any atom is 0.224 e. The molecule has 21 heavy (non-hydrogen) atoms. The van der Waals surface area contributed by atoms with Crippen molar-refractivity contribution in [2.24, 2.45) is 0 Å². The summed E-state index contributed by atoms with van der Waals surface area (Å²) in [5.74, 6) is 0.0600. The standard InChI is InChI=1S/C15H23N3O3/c1-20-7-8-21-6-2-5-17-14-10-13-11(9-12(14)16)3-4-15(19)18-13/h9-10,17H,2-8,16H2,1H3,(H,18,19). The van der Waals surface area contributed by atoms with Gasteiger partial charge in [-0.15, -0.1) is 0 Å². The number of nitrogens with two attached hydrogens (primary N) is 1. The summed E-state index contributed by atoms with van der Waals surface area (Å²) in [4.78, 5) is 11.4. The molecule has 116 valence electrons. The lowest BCUT2D eigenvalue weighted by Gasteiger charge is -2.19. The van der Waals surface area contributed by atoms with Crippen LogP contribution in [0.1, 0.15) is 18.4 Å². The van der Waals surface area contributed by atoms with Crippen molar-refractivity contribution in [1.29, 1.82) is 0 Å². The van der Waals surface area contributed by atoms with Crippen LogP contribution in [0.15, 0.2) is 12.1 Å². The highest BCUT2D eigenvalue weighted by atomic mass is 16.5. The number of carbonyl (C=O) groups excluding carboxylic acids is 1. The van der Waals surface area contributed by atoms with Crippen molar-refractivity contribution in [3.8, 4) is 0 Å². The Morgan fingerprint density at radius 1 is 1.29 bits per heavy atom. The number of nitrogen functional groups attached to an aromatic ring is 1. The van der Waals surface area contributed by atoms with E-state index in [9.17, 15) is 4.79 Å². The third-order valence-corrected chi connectivity index (χ3v) is 3.38. The Bertz CT molecular complexity index is 491. The summed E-state index contributed by atoms with van der Waals surface area (Å²) >= 11 is 0. The van der Waals surface area contributed by atoms with Crippen molar-refractivity contribution < 1.29 is 14.3 Å². The molecule has 2 rings (SSSR count). The highest BCUT2D eigenvalue weighted by Gasteiger charge is 2.16. The molecule has 0 saturated heterocycles. The smallest absolute Gasteiger partial charge is 0.224 e. The molecule has 0 unspecified atom stereocenters. The molecule has 0 radical (unpaired) electrons. The predicted octanol–water partition coefficient (Wildman–Crippen LogP) is 1.62. The molecule has 0 aliphatic carbocycles. The highest BCUT2D eigenvalue weighted by molar-refractivity contribution is 5.95. The molecule has 1 heterocycles. The first-order chi connectivity index (χ1) is 10.2. The highest BCUT2D eigenvalue weighted by Crippen LogP contribution is 2.30. The number of amides is 1. The Morgan fingerprint density at radius 2 is 2.14 bits per heavy atom. The summed E-state index contributed by atoms with van der Waals surface area (Å²) in [6, 6.07) is 3.85. The molecular formula is C15H23N3O3. The van der Waals surface area contributed by atoms with E-state index in [0.29, 0.717) is 31.9 Å². The fourth-order valence-corrected chi connectivity index (χ4v) is 2.24. The molecule has 0 spiro atoms. The Labute approximate surface area is 125 Å². The lowest BCUT2D eigenvalue weighted by molar-refractivity contribution is -0.116. The SMILES string of the molecule is COCCOCCCNc1cc2c(cc1N)CCC(=O)N2. The number of methoxy groups -OCH3 is 1. The van der Waals surface area contributed by atoms with E-state index in [-0.39, 0.29) is 5.91 Å². The van der Waals surface area contributed by atoms with Crippen LogP contribution in [0.4, 0.5) is 17.1 Å². The summed E-state index contributed by atoms with van der Waals surface area (Å²) in [5, 5.41) is 6.16. The van der Waals surface area contributed by atoms with Gasteiger partial charge in [0.05, 0.1) is 24.6 Å². The molecule has 4 N–H and O–H groups in total. The van der Waals surface area contributed by atoms with Gasteiger partial charge in [0.1, 0.15) is 0 Å². The molecule has 1 aromatic rings. The Kier molecular flexibility index (Phi) is 5.83. The Balaban J connectivity index is 1.80. The second-order valence-corrected chi connectivity index (χ2v) is 5.03. The summed E-state index contributed by atoms with van der Waals surface area (Å²) < 4.78 is 10.3. The van der Waals surface area contributed by atoms with Crippen LogP contribution in [-0.2, 0) is 20.7 Å². The number of anilines is 3. The topological polar surface area (TPSA) is 85.6 Å². The van der Waals surface area contributed by atoms with Crippen LogP contribution in [0.2, 0.25) is 0 Å². The molecule has 1 aliphatic rings. The number of benzene rings is 1. The number of rotatable bonds is 8. The minimum atomic E-state index is 0.0600. The van der Waals surface area contributed by atoms with Gasteiger partial charge in [-0.25, -0.2) is 0 Å². The monoisotopic (exact) mass is 293 g/mol. The van der Waals surface area contributed by atoms with E-state index in [2.05, 4.69) is 10.6 Å². The van der Waals surface area contributed by atoms with Crippen LogP contribution in [0.5, 0.6) is 0 Å². The number of carbonyl (C=O) groups is 1. The first kappa shape index (κ1) is 15.6. The van der Waals surface area contributed by atoms with Gasteiger partial charge in [0.2, 0.25) is 5.91 Å². The zero-order valence-electron chi connectivity index (χ0n) is 12.4. The summed E-state index contributed by atoms with van der Waals surface area (Å²) in [5.41, 5.74) is 9.56. The van der Waals surface area contributed by atoms with Gasteiger partial charge >= 0.3 is 0 Å². The fourth-order valence-electron chi connectivity index (χ4n) is 2.24. The van der Waals surface area contributed by atoms with E-state index in [4.69, 9.17) is 15.2 Å². The van der Waals surface area contributed by atoms with E-state index in [1.807, 2.05) is 12.1 Å². The van der Waals surface area contributed by atoms with Gasteiger partial charge in [0.15, 0.2) is 0 Å². The van der Waals surface area contributed by atoms with Crippen LogP contribution >= 0.6 is 0 Å². The molecule has 0 atom stereocenters. The largest absolute Gasteiger partial charge is 0.397 e. The third kappa shape index (κ3) is 4.61. The second-order valence-electron chi connectivity index (χ2n) is 5.03. The van der Waals surface area contributed by atoms with Gasteiger partial charge in [-0.2, -0.15) is 0 Å². The average molecular weight is 293 g/mol. The minimum Gasteiger partial charge on any atom is -0.397 e. The van der Waals surface area contributed by atoms with E-state index in [1.165, 1.54) is 0 Å². The third-order valence-electron chi connectivity index (χ3n) is 3.38. The van der Waals surface area contributed by atoms with Crippen molar-refractivity contribution in [3.63, 3.8) is 0 Å². The van der Waals surface area contributed by atoms with Crippen LogP contribution < -0.4 is 16.4 Å². The number of hydrogen-bond acceptors (Lipinski definition) is 5. The average Bonchev–Trinajstić information content (AvgIpc) is 2.47. The van der Waals surface area contributed by atoms with E-state index >= 15 is 0 Å². The van der Waals surface area contributed by atoms with Crippen molar-refractivity contribution >= 4 is 23.0 Å². The molecule has 1 aromatic carbocycles. The van der Waals surface area contributed by atoms with E-state index in [0.717, 1.165) is 36.3 Å². The zero-order valence-corrected chi connectivity index (χ0v) is 12.4. The van der Waals surface area contributed by atoms with E-state index < -0.39 is 0 Å². The van der Waals surface area contributed by atoms with Crippen LogP contribution in [0.25, 0.3) is 0 Å². The number of fused-ring (bicyclic) bond motifs is 1. The molecule has 6 nitrogen and oxygen atoms in total. The molecule has 0 fully saturated rings. The van der Waals surface area contributed by atoms with Gasteiger partial charge in [-0.1, -0.05) is 0 Å². The van der Waals surface area contributed by atoms with E-state index in [1.54, 1.807) is 7.11 Å². The van der Waals surface area contributed by atoms with Crippen molar-refractivity contribution in [1.82, 2.24) is 0 Å². The van der Waals surface area contributed by atoms with Crippen molar-refractivity contribution in [3.05, 3.63) is 17.7 Å². The second kappa shape index (κ2) is 7.85. The molecular weight excluding hydrogens is 270 g/mol. The Hall–Kier alpha value is -1.79. The number of hydrogen-bond donors (Lipinski definition) is 3. The number of ether oxygens (including phenoxy) is 2. The number of nitrogens with one attached hydrogen (secondary N) is 2. The number of aryl methyl sites for hydroxylation is 1. The molecule has 0 saturated carbocycles. The van der Waals surface area contributed by atoms with Crippen LogP contribution in [0.3, 0.4) is 0 Å². The lowest BCUT2D eigenvalue weighted by Crippen LogP contribution is -2.19. The van der Waals surface area contributed by atoms with Gasteiger partial charge < -0.3 is 25.8 Å². The van der Waals surface area contributed by atoms with Crippen LogP contribution in [0, 0.1) is 0 Å². The fraction of sp³-hybridized carbons (Fsp3) is 0.533. The predicted molar refractivity (Wildman–Crippen MR) is 83.6 cm³/mol. The summed E-state index contributed by atoms with van der Waals surface area (Å²) in [6.45, 7) is 2.68. The minimum absolute atomic E-state index is 0.0600. The summed E-state index contributed by atoms with van der Waals surface area (Å²) in [6.07, 6.45) is 2.16. The molecule has 1 aliphatic heterocycles. The quantitative estimate of drug-likeness (QED) is 0.501. The van der Waals surface area contributed by atoms with Gasteiger partial charge in [-0.05, 0) is 30.5 Å². The van der Waals surface area contributed by atoms with Crippen LogP contribution in [-0.4, -0.2) is 39.4 Å². The molecule has 0 bridgehead atoms. The van der Waals surface area contributed by atoms with Crippen molar-refractivity contribution in [2.75, 3.05) is 49.8 Å². The lowest BCUT2D eigenvalue weighted by atomic mass is 10.0. The van der Waals surface area contributed by atoms with Gasteiger partial charge in [-0.3, -0.25) is 4.79 Å². The normalized spacial score (nSPS) is 13.7. The maximum atomic E-state index is 11.4. The Morgan fingerprint density at radius 3 is 2.95 bits per heavy atom. The summed E-state index contributed by atoms with van der Waals surface area (Å²) in [7, 11) is 1.66. The van der Waals surface area contributed by atoms with Crippen molar-refractivity contribution in [2.45, 2.75) is 19.3 Å². The first-order valence-corrected chi connectivity index (χ1v) is 7.23.